The van der Waals surface area contributed by atoms with Crippen molar-refractivity contribution in [3.05, 3.63) is 35.2 Å². The third kappa shape index (κ3) is 1.77. The second-order valence-electron chi connectivity index (χ2n) is 4.30. The molecule has 0 aromatic carbocycles. The fourth-order valence-electron chi connectivity index (χ4n) is 2.45. The van der Waals surface area contributed by atoms with Crippen molar-refractivity contribution < 1.29 is 9.53 Å². The lowest BCUT2D eigenvalue weighted by Crippen LogP contribution is -2.11. The average Bonchev–Trinajstić information content (AvgIpc) is 2.85. The lowest BCUT2D eigenvalue weighted by atomic mass is 10.1. The zero-order valence-corrected chi connectivity index (χ0v) is 9.99. The van der Waals surface area contributed by atoms with Crippen LogP contribution in [0.4, 0.5) is 0 Å². The highest BCUT2D eigenvalue weighted by atomic mass is 16.5. The van der Waals surface area contributed by atoms with Gasteiger partial charge in [-0.1, -0.05) is 6.08 Å². The Balaban J connectivity index is 2.15. The normalized spacial score (nSPS) is 19.7. The van der Waals surface area contributed by atoms with E-state index in [0.717, 1.165) is 18.4 Å². The van der Waals surface area contributed by atoms with Crippen molar-refractivity contribution in [3.8, 4) is 0 Å². The van der Waals surface area contributed by atoms with Crippen LogP contribution in [0.25, 0.3) is 0 Å². The first-order valence-electron chi connectivity index (χ1n) is 5.55. The predicted molar refractivity (Wildman–Crippen MR) is 62.3 cm³/mol. The molecule has 0 saturated carbocycles. The first-order chi connectivity index (χ1) is 7.63. The molecule has 0 unspecified atom stereocenters. The molecule has 0 saturated heterocycles. The maximum absolute atomic E-state index is 11.4. The van der Waals surface area contributed by atoms with E-state index in [-0.39, 0.29) is 5.97 Å². The van der Waals surface area contributed by atoms with Gasteiger partial charge in [0.25, 0.3) is 0 Å². The topological polar surface area (TPSA) is 31.2 Å². The summed E-state index contributed by atoms with van der Waals surface area (Å²) in [6.45, 7) is 4.20. The molecule has 1 aromatic rings. The Morgan fingerprint density at radius 3 is 2.56 bits per heavy atom. The molecular formula is C13H17NO2. The van der Waals surface area contributed by atoms with Crippen LogP contribution in [0.1, 0.15) is 30.3 Å². The Bertz CT molecular complexity index is 423. The number of nitrogens with zero attached hydrogens (tertiary/aromatic N) is 1. The number of ether oxygens (including phenoxy) is 1. The molecule has 0 N–H and O–H groups in total. The molecule has 1 aliphatic carbocycles. The number of methoxy groups -OCH3 is 1. The predicted octanol–water partition coefficient (Wildman–Crippen LogP) is 2.54. The van der Waals surface area contributed by atoms with E-state index in [1.807, 2.05) is 6.08 Å². The zero-order valence-electron chi connectivity index (χ0n) is 9.99. The number of allylic oxidation sites excluding steroid dienone is 1. The number of aryl methyl sites for hydroxylation is 2. The Hall–Kier alpha value is -1.51. The molecule has 0 bridgehead atoms. The zero-order chi connectivity index (χ0) is 11.7. The molecule has 1 atom stereocenters. The maximum Gasteiger partial charge on any atom is 0.333 e. The lowest BCUT2D eigenvalue weighted by Gasteiger charge is -2.17. The van der Waals surface area contributed by atoms with Gasteiger partial charge < -0.3 is 9.30 Å². The van der Waals surface area contributed by atoms with Crippen LogP contribution >= 0.6 is 0 Å². The van der Waals surface area contributed by atoms with Crippen LogP contribution in [0, 0.1) is 13.8 Å². The summed E-state index contributed by atoms with van der Waals surface area (Å²) < 4.78 is 7.04. The summed E-state index contributed by atoms with van der Waals surface area (Å²) in [5.74, 6) is -0.190. The minimum absolute atomic E-state index is 0.190. The second kappa shape index (κ2) is 4.16. The van der Waals surface area contributed by atoms with Crippen molar-refractivity contribution in [1.29, 1.82) is 0 Å². The molecule has 16 heavy (non-hydrogen) atoms. The van der Waals surface area contributed by atoms with Gasteiger partial charge in [0.1, 0.15) is 0 Å². The van der Waals surface area contributed by atoms with Crippen LogP contribution in [-0.2, 0) is 9.53 Å². The quantitative estimate of drug-likeness (QED) is 0.716. The van der Waals surface area contributed by atoms with Gasteiger partial charge in [0.2, 0.25) is 0 Å². The Morgan fingerprint density at radius 2 is 2.00 bits per heavy atom. The first kappa shape index (κ1) is 11.0. The van der Waals surface area contributed by atoms with Crippen LogP contribution in [0.2, 0.25) is 0 Å². The van der Waals surface area contributed by atoms with E-state index in [2.05, 4.69) is 30.5 Å². The van der Waals surface area contributed by atoms with Crippen LogP contribution in [0.3, 0.4) is 0 Å². The number of hydrogen-bond donors (Lipinski definition) is 0. The van der Waals surface area contributed by atoms with Gasteiger partial charge >= 0.3 is 5.97 Å². The van der Waals surface area contributed by atoms with Crippen molar-refractivity contribution in [3.63, 3.8) is 0 Å². The molecule has 1 aromatic heterocycles. The summed E-state index contributed by atoms with van der Waals surface area (Å²) in [6.07, 6.45) is 3.69. The van der Waals surface area contributed by atoms with Crippen molar-refractivity contribution in [1.82, 2.24) is 4.57 Å². The van der Waals surface area contributed by atoms with E-state index in [0.29, 0.717) is 6.04 Å². The van der Waals surface area contributed by atoms with Crippen molar-refractivity contribution in [2.45, 2.75) is 32.7 Å². The van der Waals surface area contributed by atoms with Crippen molar-refractivity contribution in [2.24, 2.45) is 0 Å². The molecule has 1 aliphatic rings. The number of hydrogen-bond acceptors (Lipinski definition) is 2. The van der Waals surface area contributed by atoms with Crippen LogP contribution in [0.15, 0.2) is 23.8 Å². The van der Waals surface area contributed by atoms with Gasteiger partial charge in [-0.25, -0.2) is 4.79 Å². The van der Waals surface area contributed by atoms with Gasteiger partial charge in [-0.2, -0.15) is 0 Å². The van der Waals surface area contributed by atoms with Gasteiger partial charge in [0.05, 0.1) is 7.11 Å². The van der Waals surface area contributed by atoms with Gasteiger partial charge in [-0.05, 0) is 32.4 Å². The third-order valence-corrected chi connectivity index (χ3v) is 3.23. The summed E-state index contributed by atoms with van der Waals surface area (Å²) >= 11 is 0. The monoisotopic (exact) mass is 219 g/mol. The van der Waals surface area contributed by atoms with Gasteiger partial charge in [0, 0.05) is 29.4 Å². The van der Waals surface area contributed by atoms with E-state index >= 15 is 0 Å². The van der Waals surface area contributed by atoms with Crippen LogP contribution in [0.5, 0.6) is 0 Å². The Labute approximate surface area is 95.7 Å². The van der Waals surface area contributed by atoms with Crippen molar-refractivity contribution >= 4 is 5.97 Å². The standard InChI is InChI=1S/C13H17NO2/c1-9-4-5-10(2)14(9)12-7-6-11(8-12)13(15)16-3/h4-6,12H,7-8H2,1-3H3/t12-/m1/s1. The second-order valence-corrected chi connectivity index (χ2v) is 4.30. The summed E-state index contributed by atoms with van der Waals surface area (Å²) in [5.41, 5.74) is 3.31. The summed E-state index contributed by atoms with van der Waals surface area (Å²) in [6, 6.07) is 4.61. The highest BCUT2D eigenvalue weighted by Gasteiger charge is 2.24. The molecule has 0 spiro atoms. The molecule has 0 amide bonds. The van der Waals surface area contributed by atoms with Gasteiger partial charge in [0.15, 0.2) is 0 Å². The molecule has 1 heterocycles. The molecule has 3 nitrogen and oxygen atoms in total. The fourth-order valence-corrected chi connectivity index (χ4v) is 2.45. The molecule has 86 valence electrons. The Kier molecular flexibility index (Phi) is 2.86. The number of esters is 1. The minimum atomic E-state index is -0.190. The largest absolute Gasteiger partial charge is 0.466 e. The van der Waals surface area contributed by atoms with E-state index < -0.39 is 0 Å². The van der Waals surface area contributed by atoms with E-state index in [4.69, 9.17) is 4.74 Å². The maximum atomic E-state index is 11.4. The number of aromatic nitrogens is 1. The van der Waals surface area contributed by atoms with Gasteiger partial charge in [-0.15, -0.1) is 0 Å². The van der Waals surface area contributed by atoms with E-state index in [1.54, 1.807) is 0 Å². The van der Waals surface area contributed by atoms with Crippen LogP contribution < -0.4 is 0 Å². The summed E-state index contributed by atoms with van der Waals surface area (Å²) in [5, 5.41) is 0. The molecule has 0 fully saturated rings. The smallest absolute Gasteiger partial charge is 0.333 e. The first-order valence-corrected chi connectivity index (χ1v) is 5.55. The highest BCUT2D eigenvalue weighted by Crippen LogP contribution is 2.32. The Morgan fingerprint density at radius 1 is 1.38 bits per heavy atom. The molecule has 0 radical (unpaired) electrons. The van der Waals surface area contributed by atoms with Crippen molar-refractivity contribution in [2.75, 3.05) is 7.11 Å². The highest BCUT2D eigenvalue weighted by molar-refractivity contribution is 5.88. The number of carbonyl (C=O) groups excluding carboxylic acids is 1. The third-order valence-electron chi connectivity index (χ3n) is 3.23. The molecule has 2 rings (SSSR count). The van der Waals surface area contributed by atoms with Crippen LogP contribution in [-0.4, -0.2) is 17.6 Å². The van der Waals surface area contributed by atoms with E-state index in [9.17, 15) is 4.79 Å². The average molecular weight is 219 g/mol. The number of carbonyl (C=O) groups is 1. The van der Waals surface area contributed by atoms with E-state index in [1.165, 1.54) is 18.5 Å². The lowest BCUT2D eigenvalue weighted by molar-refractivity contribution is -0.136. The molecule has 0 aliphatic heterocycles. The minimum Gasteiger partial charge on any atom is -0.466 e. The van der Waals surface area contributed by atoms with Gasteiger partial charge in [-0.3, -0.25) is 0 Å². The summed E-state index contributed by atoms with van der Waals surface area (Å²) in [4.78, 5) is 11.4. The molecular weight excluding hydrogens is 202 g/mol. The summed E-state index contributed by atoms with van der Waals surface area (Å²) in [7, 11) is 1.43. The number of rotatable bonds is 2. The SMILES string of the molecule is COC(=O)C1=CC[C@@H](n2c(C)ccc2C)C1. The fraction of sp³-hybridized carbons (Fsp3) is 0.462. The molecule has 3 heteroatoms.